The summed E-state index contributed by atoms with van der Waals surface area (Å²) in [5.74, 6) is -0.409. The molecule has 1 amide bonds. The van der Waals surface area contributed by atoms with E-state index in [2.05, 4.69) is 6.07 Å². The summed E-state index contributed by atoms with van der Waals surface area (Å²) in [5.41, 5.74) is 8.35. The van der Waals surface area contributed by atoms with Gasteiger partial charge in [0.2, 0.25) is 5.91 Å². The Morgan fingerprint density at radius 2 is 1.95 bits per heavy atom. The van der Waals surface area contributed by atoms with Crippen LogP contribution in [-0.4, -0.2) is 13.0 Å². The maximum atomic E-state index is 12.6. The van der Waals surface area contributed by atoms with E-state index in [1.165, 1.54) is 4.90 Å². The van der Waals surface area contributed by atoms with E-state index in [-0.39, 0.29) is 11.8 Å². The highest BCUT2D eigenvalue weighted by molar-refractivity contribution is 5.98. The fraction of sp³-hybridized carbons (Fsp3) is 0.176. The molecule has 0 saturated carbocycles. The smallest absolute Gasteiger partial charge is 0.234 e. The summed E-state index contributed by atoms with van der Waals surface area (Å²) in [5, 5.41) is 9.14. The summed E-state index contributed by atoms with van der Waals surface area (Å²) in [6.07, 6.45) is 0. The van der Waals surface area contributed by atoms with Crippen LogP contribution < -0.4 is 10.6 Å². The number of hydrogen-bond acceptors (Lipinski definition) is 3. The van der Waals surface area contributed by atoms with Crippen LogP contribution in [0, 0.1) is 11.3 Å². The summed E-state index contributed by atoms with van der Waals surface area (Å²) in [4.78, 5) is 14.1. The lowest BCUT2D eigenvalue weighted by Crippen LogP contribution is -2.31. The van der Waals surface area contributed by atoms with Gasteiger partial charge in [-0.2, -0.15) is 5.26 Å². The number of nitrogens with two attached hydrogens (primary N) is 1. The first-order chi connectivity index (χ1) is 10.0. The number of nitrogen functional groups attached to an aromatic ring is 1. The monoisotopic (exact) mass is 279 g/mol. The van der Waals surface area contributed by atoms with Crippen molar-refractivity contribution in [3.8, 4) is 6.07 Å². The van der Waals surface area contributed by atoms with Gasteiger partial charge in [-0.15, -0.1) is 0 Å². The van der Waals surface area contributed by atoms with Gasteiger partial charge >= 0.3 is 0 Å². The number of nitrogens with zero attached hydrogens (tertiary/aromatic N) is 2. The molecule has 4 nitrogen and oxygen atoms in total. The van der Waals surface area contributed by atoms with Gasteiger partial charge in [-0.05, 0) is 36.8 Å². The van der Waals surface area contributed by atoms with Crippen molar-refractivity contribution in [2.24, 2.45) is 0 Å². The van der Waals surface area contributed by atoms with Gasteiger partial charge in [0.25, 0.3) is 0 Å². The average molecular weight is 279 g/mol. The normalized spacial score (nSPS) is 11.5. The molecule has 106 valence electrons. The van der Waals surface area contributed by atoms with Crippen LogP contribution >= 0.6 is 0 Å². The molecule has 0 aliphatic heterocycles. The first-order valence-electron chi connectivity index (χ1n) is 6.66. The van der Waals surface area contributed by atoms with Crippen LogP contribution in [0.1, 0.15) is 24.0 Å². The van der Waals surface area contributed by atoms with Crippen LogP contribution in [0.3, 0.4) is 0 Å². The molecule has 0 bridgehead atoms. The average Bonchev–Trinajstić information content (AvgIpc) is 2.52. The second-order valence-electron chi connectivity index (χ2n) is 4.92. The largest absolute Gasteiger partial charge is 0.399 e. The molecule has 2 rings (SSSR count). The molecule has 0 aliphatic carbocycles. The van der Waals surface area contributed by atoms with Crippen molar-refractivity contribution in [3.05, 3.63) is 59.7 Å². The van der Waals surface area contributed by atoms with Crippen LogP contribution in [0.2, 0.25) is 0 Å². The molecule has 0 aliphatic rings. The summed E-state index contributed by atoms with van der Waals surface area (Å²) < 4.78 is 0. The van der Waals surface area contributed by atoms with Crippen LogP contribution in [-0.2, 0) is 4.79 Å². The summed E-state index contributed by atoms with van der Waals surface area (Å²) in [6, 6.07) is 16.5. The molecule has 2 aromatic carbocycles. The van der Waals surface area contributed by atoms with Crippen molar-refractivity contribution in [2.75, 3.05) is 17.7 Å². The highest BCUT2D eigenvalue weighted by Gasteiger charge is 2.22. The zero-order valence-electron chi connectivity index (χ0n) is 12.1. The third-order valence-corrected chi connectivity index (χ3v) is 3.50. The van der Waals surface area contributed by atoms with Gasteiger partial charge in [0, 0.05) is 12.7 Å². The minimum atomic E-state index is -0.328. The lowest BCUT2D eigenvalue weighted by Gasteiger charge is -2.22. The molecule has 21 heavy (non-hydrogen) atoms. The molecular formula is C17H17N3O. The maximum Gasteiger partial charge on any atom is 0.234 e. The summed E-state index contributed by atoms with van der Waals surface area (Å²) >= 11 is 0. The van der Waals surface area contributed by atoms with Gasteiger partial charge in [0.1, 0.15) is 6.07 Å². The molecular weight excluding hydrogens is 262 g/mol. The van der Waals surface area contributed by atoms with E-state index < -0.39 is 0 Å². The third-order valence-electron chi connectivity index (χ3n) is 3.50. The number of para-hydroxylation sites is 1. The zero-order valence-corrected chi connectivity index (χ0v) is 12.1. The first kappa shape index (κ1) is 14.6. The van der Waals surface area contributed by atoms with Gasteiger partial charge in [-0.25, -0.2) is 0 Å². The molecule has 4 heteroatoms. The predicted molar refractivity (Wildman–Crippen MR) is 83.8 cm³/mol. The quantitative estimate of drug-likeness (QED) is 0.878. The Labute approximate surface area is 124 Å². The van der Waals surface area contributed by atoms with Crippen molar-refractivity contribution >= 4 is 17.3 Å². The molecule has 0 fully saturated rings. The van der Waals surface area contributed by atoms with Gasteiger partial charge in [-0.1, -0.05) is 24.3 Å². The molecule has 0 heterocycles. The van der Waals surface area contributed by atoms with Crippen molar-refractivity contribution in [2.45, 2.75) is 12.8 Å². The van der Waals surface area contributed by atoms with E-state index in [9.17, 15) is 4.79 Å². The van der Waals surface area contributed by atoms with Crippen molar-refractivity contribution in [3.63, 3.8) is 0 Å². The van der Waals surface area contributed by atoms with E-state index in [0.717, 1.165) is 5.56 Å². The van der Waals surface area contributed by atoms with E-state index >= 15 is 0 Å². The molecule has 0 saturated heterocycles. The van der Waals surface area contributed by atoms with Crippen LogP contribution in [0.4, 0.5) is 11.4 Å². The topological polar surface area (TPSA) is 70.1 Å². The van der Waals surface area contributed by atoms with Crippen molar-refractivity contribution in [1.29, 1.82) is 5.26 Å². The van der Waals surface area contributed by atoms with Gasteiger partial charge in [0.15, 0.2) is 0 Å². The molecule has 0 radical (unpaired) electrons. The Balaban J connectivity index is 2.29. The lowest BCUT2D eigenvalue weighted by atomic mass is 9.99. The molecule has 0 aromatic heterocycles. The number of amides is 1. The van der Waals surface area contributed by atoms with E-state index in [4.69, 9.17) is 11.0 Å². The van der Waals surface area contributed by atoms with E-state index in [1.807, 2.05) is 25.1 Å². The number of carbonyl (C=O) groups is 1. The van der Waals surface area contributed by atoms with Crippen molar-refractivity contribution in [1.82, 2.24) is 0 Å². The number of carbonyl (C=O) groups excluding carboxylic acids is 1. The number of anilines is 2. The fourth-order valence-electron chi connectivity index (χ4n) is 2.24. The van der Waals surface area contributed by atoms with E-state index in [1.54, 1.807) is 37.4 Å². The SMILES string of the molecule is CC(C(=O)N(C)c1ccccc1C#N)c1cccc(N)c1. The van der Waals surface area contributed by atoms with Gasteiger partial charge in [0.05, 0.1) is 17.2 Å². The number of hydrogen-bond donors (Lipinski definition) is 1. The zero-order chi connectivity index (χ0) is 15.4. The second kappa shape index (κ2) is 6.10. The van der Waals surface area contributed by atoms with Crippen LogP contribution in [0.25, 0.3) is 0 Å². The number of rotatable bonds is 3. The highest BCUT2D eigenvalue weighted by atomic mass is 16.2. The number of likely N-dealkylation sites (N-methyl/N-ethyl adjacent to an activating group) is 1. The first-order valence-corrected chi connectivity index (χ1v) is 6.66. The Kier molecular flexibility index (Phi) is 4.24. The molecule has 1 unspecified atom stereocenters. The third kappa shape index (κ3) is 3.03. The number of benzene rings is 2. The Morgan fingerprint density at radius 3 is 2.62 bits per heavy atom. The minimum absolute atomic E-state index is 0.0803. The minimum Gasteiger partial charge on any atom is -0.399 e. The number of nitriles is 1. The molecule has 0 spiro atoms. The molecule has 2 aromatic rings. The molecule has 1 atom stereocenters. The Bertz CT molecular complexity index is 703. The summed E-state index contributed by atoms with van der Waals surface area (Å²) in [7, 11) is 1.68. The van der Waals surface area contributed by atoms with Crippen LogP contribution in [0.15, 0.2) is 48.5 Å². The molecule has 2 N–H and O–H groups in total. The van der Waals surface area contributed by atoms with Crippen molar-refractivity contribution < 1.29 is 4.79 Å². The van der Waals surface area contributed by atoms with Gasteiger partial charge in [-0.3, -0.25) is 4.79 Å². The van der Waals surface area contributed by atoms with Crippen LogP contribution in [0.5, 0.6) is 0 Å². The summed E-state index contributed by atoms with van der Waals surface area (Å²) in [6.45, 7) is 1.84. The Morgan fingerprint density at radius 1 is 1.24 bits per heavy atom. The van der Waals surface area contributed by atoms with Gasteiger partial charge < -0.3 is 10.6 Å². The second-order valence-corrected chi connectivity index (χ2v) is 4.92. The Hall–Kier alpha value is -2.80. The lowest BCUT2D eigenvalue weighted by molar-refractivity contribution is -0.119. The van der Waals surface area contributed by atoms with E-state index in [0.29, 0.717) is 16.9 Å². The highest BCUT2D eigenvalue weighted by Crippen LogP contribution is 2.24. The predicted octanol–water partition coefficient (Wildman–Crippen LogP) is 2.91. The maximum absolute atomic E-state index is 12.6. The standard InChI is InChI=1S/C17H17N3O/c1-12(13-7-5-8-15(19)10-13)17(21)20(2)16-9-4-3-6-14(16)11-18/h3-10,12H,19H2,1-2H3. The fourth-order valence-corrected chi connectivity index (χ4v) is 2.24.